The Balaban J connectivity index is 1.79. The molecular weight excluding hydrogens is 336 g/mol. The average molecular weight is 347 g/mol. The van der Waals surface area contributed by atoms with Crippen LogP contribution in [0.1, 0.15) is 5.56 Å². The number of nitrogens with one attached hydrogen (secondary N) is 2. The molecule has 2 N–H and O–H groups in total. The van der Waals surface area contributed by atoms with Crippen molar-refractivity contribution in [1.29, 1.82) is 0 Å². The number of hydrogen-bond acceptors (Lipinski definition) is 4. The Morgan fingerprint density at radius 2 is 2.24 bits per heavy atom. The summed E-state index contributed by atoms with van der Waals surface area (Å²) in [5, 5.41) is 15.1. The van der Waals surface area contributed by atoms with Gasteiger partial charge in [-0.2, -0.15) is 0 Å². The Morgan fingerprint density at radius 1 is 1.38 bits per heavy atom. The van der Waals surface area contributed by atoms with Crippen LogP contribution in [0.15, 0.2) is 47.2 Å². The first-order valence-corrected chi connectivity index (χ1v) is 7.03. The van der Waals surface area contributed by atoms with Crippen molar-refractivity contribution in [3.63, 3.8) is 0 Å². The Kier molecular flexibility index (Phi) is 3.57. The molecule has 0 bridgehead atoms. The molecule has 2 heterocycles. The summed E-state index contributed by atoms with van der Waals surface area (Å²) in [6.07, 6.45) is 3.65. The van der Waals surface area contributed by atoms with E-state index >= 15 is 0 Å². The lowest BCUT2D eigenvalue weighted by Gasteiger charge is -2.06. The zero-order valence-electron chi connectivity index (χ0n) is 10.8. The van der Waals surface area contributed by atoms with Gasteiger partial charge in [-0.1, -0.05) is 0 Å². The highest BCUT2D eigenvalue weighted by Crippen LogP contribution is 2.28. The molecule has 1 aromatic carbocycles. The molecule has 3 aromatic rings. The molecule has 2 aromatic heterocycles. The number of nitrogens with zero attached hydrogens (tertiary/aromatic N) is 2. The summed E-state index contributed by atoms with van der Waals surface area (Å²) in [4.78, 5) is 17.7. The summed E-state index contributed by atoms with van der Waals surface area (Å²) in [7, 11) is 0. The molecule has 0 atom stereocenters. The third-order valence-corrected chi connectivity index (χ3v) is 3.80. The summed E-state index contributed by atoms with van der Waals surface area (Å²) < 4.78 is 0.457. The van der Waals surface area contributed by atoms with Crippen LogP contribution < -0.4 is 5.32 Å². The van der Waals surface area contributed by atoms with Crippen molar-refractivity contribution >= 4 is 38.3 Å². The molecule has 21 heavy (non-hydrogen) atoms. The van der Waals surface area contributed by atoms with Gasteiger partial charge in [0.25, 0.3) is 5.69 Å². The van der Waals surface area contributed by atoms with Crippen molar-refractivity contribution in [3.05, 3.63) is 62.9 Å². The molecule has 7 heteroatoms. The molecule has 0 spiro atoms. The van der Waals surface area contributed by atoms with Gasteiger partial charge in [-0.05, 0) is 45.8 Å². The van der Waals surface area contributed by atoms with E-state index in [9.17, 15) is 10.1 Å². The molecule has 0 radical (unpaired) electrons. The number of H-pyrrole nitrogens is 1. The fourth-order valence-electron chi connectivity index (χ4n) is 2.12. The van der Waals surface area contributed by atoms with Crippen molar-refractivity contribution in [3.8, 4) is 0 Å². The van der Waals surface area contributed by atoms with E-state index in [4.69, 9.17) is 0 Å². The van der Waals surface area contributed by atoms with E-state index in [2.05, 4.69) is 31.2 Å². The SMILES string of the molecule is O=[N+]([O-])c1ccc(NCc2c[nH]c3ncccc23)cc1Br. The molecule has 0 saturated carbocycles. The van der Waals surface area contributed by atoms with E-state index in [0.717, 1.165) is 22.3 Å². The number of pyridine rings is 1. The van der Waals surface area contributed by atoms with Crippen LogP contribution >= 0.6 is 15.9 Å². The molecule has 0 unspecified atom stereocenters. The van der Waals surface area contributed by atoms with Gasteiger partial charge in [-0.3, -0.25) is 10.1 Å². The van der Waals surface area contributed by atoms with Crippen LogP contribution in [0.2, 0.25) is 0 Å². The zero-order valence-corrected chi connectivity index (χ0v) is 12.4. The molecule has 0 fully saturated rings. The topological polar surface area (TPSA) is 83.9 Å². The number of nitro groups is 1. The van der Waals surface area contributed by atoms with E-state index in [1.54, 1.807) is 18.3 Å². The van der Waals surface area contributed by atoms with Crippen LogP contribution in [0.25, 0.3) is 11.0 Å². The van der Waals surface area contributed by atoms with Crippen LogP contribution in [-0.4, -0.2) is 14.9 Å². The molecule has 0 aliphatic rings. The Hall–Kier alpha value is -2.41. The molecule has 0 amide bonds. The number of rotatable bonds is 4. The second-order valence-corrected chi connectivity index (χ2v) is 5.34. The third-order valence-electron chi connectivity index (χ3n) is 3.16. The molecule has 6 nitrogen and oxygen atoms in total. The van der Waals surface area contributed by atoms with Gasteiger partial charge in [0, 0.05) is 36.1 Å². The maximum Gasteiger partial charge on any atom is 0.283 e. The second kappa shape index (κ2) is 5.53. The first-order valence-electron chi connectivity index (χ1n) is 6.24. The van der Waals surface area contributed by atoms with Crippen LogP contribution in [-0.2, 0) is 6.54 Å². The standard InChI is InChI=1S/C14H11BrN4O2/c15-12-6-10(3-4-13(12)19(20)21)17-7-9-8-18-14-11(9)2-1-5-16-14/h1-6,8,17H,7H2,(H,16,18). The van der Waals surface area contributed by atoms with Crippen molar-refractivity contribution in [2.24, 2.45) is 0 Å². The maximum atomic E-state index is 10.8. The second-order valence-electron chi connectivity index (χ2n) is 4.49. The number of halogens is 1. The van der Waals surface area contributed by atoms with Gasteiger partial charge in [-0.25, -0.2) is 4.98 Å². The van der Waals surface area contributed by atoms with Crippen molar-refractivity contribution in [2.45, 2.75) is 6.54 Å². The average Bonchev–Trinajstić information content (AvgIpc) is 2.88. The van der Waals surface area contributed by atoms with E-state index < -0.39 is 4.92 Å². The number of anilines is 1. The quantitative estimate of drug-likeness (QED) is 0.555. The summed E-state index contributed by atoms with van der Waals surface area (Å²) in [5.74, 6) is 0. The van der Waals surface area contributed by atoms with E-state index in [1.165, 1.54) is 6.07 Å². The van der Waals surface area contributed by atoms with E-state index in [-0.39, 0.29) is 5.69 Å². The lowest BCUT2D eigenvalue weighted by Crippen LogP contribution is -1.99. The lowest BCUT2D eigenvalue weighted by atomic mass is 10.2. The number of fused-ring (bicyclic) bond motifs is 1. The lowest BCUT2D eigenvalue weighted by molar-refractivity contribution is -0.385. The molecule has 0 aliphatic heterocycles. The van der Waals surface area contributed by atoms with Gasteiger partial charge >= 0.3 is 0 Å². The predicted octanol–water partition coefficient (Wildman–Crippen LogP) is 3.85. The number of aromatic amines is 1. The minimum atomic E-state index is -0.417. The smallest absolute Gasteiger partial charge is 0.283 e. The molecular formula is C14H11BrN4O2. The van der Waals surface area contributed by atoms with Gasteiger partial charge in [-0.15, -0.1) is 0 Å². The predicted molar refractivity (Wildman–Crippen MR) is 84.2 cm³/mol. The highest BCUT2D eigenvalue weighted by molar-refractivity contribution is 9.10. The number of hydrogen-bond donors (Lipinski definition) is 2. The summed E-state index contributed by atoms with van der Waals surface area (Å²) in [5.41, 5.74) is 2.80. The Labute approximate surface area is 128 Å². The largest absolute Gasteiger partial charge is 0.381 e. The van der Waals surface area contributed by atoms with E-state index in [0.29, 0.717) is 11.0 Å². The monoisotopic (exact) mass is 346 g/mol. The molecule has 3 rings (SSSR count). The van der Waals surface area contributed by atoms with E-state index in [1.807, 2.05) is 18.3 Å². The minimum Gasteiger partial charge on any atom is -0.381 e. The van der Waals surface area contributed by atoms with Crippen LogP contribution in [0.4, 0.5) is 11.4 Å². The summed E-state index contributed by atoms with van der Waals surface area (Å²) in [6.45, 7) is 0.607. The normalized spacial score (nSPS) is 10.7. The maximum absolute atomic E-state index is 10.8. The summed E-state index contributed by atoms with van der Waals surface area (Å²) >= 11 is 3.21. The fourth-order valence-corrected chi connectivity index (χ4v) is 2.64. The summed E-state index contributed by atoms with van der Waals surface area (Å²) in [6, 6.07) is 8.76. The Morgan fingerprint density at radius 3 is 3.00 bits per heavy atom. The number of benzene rings is 1. The van der Waals surface area contributed by atoms with Crippen LogP contribution in [0, 0.1) is 10.1 Å². The molecule has 0 aliphatic carbocycles. The van der Waals surface area contributed by atoms with Crippen LogP contribution in [0.3, 0.4) is 0 Å². The third kappa shape index (κ3) is 2.73. The van der Waals surface area contributed by atoms with Gasteiger partial charge in [0.05, 0.1) is 9.40 Å². The number of aromatic nitrogens is 2. The van der Waals surface area contributed by atoms with Crippen molar-refractivity contribution in [1.82, 2.24) is 9.97 Å². The highest BCUT2D eigenvalue weighted by atomic mass is 79.9. The van der Waals surface area contributed by atoms with Crippen LogP contribution in [0.5, 0.6) is 0 Å². The first kappa shape index (κ1) is 13.6. The van der Waals surface area contributed by atoms with Gasteiger partial charge in [0.2, 0.25) is 0 Å². The first-order chi connectivity index (χ1) is 10.1. The molecule has 106 valence electrons. The molecule has 0 saturated heterocycles. The number of nitro benzene ring substituents is 1. The highest BCUT2D eigenvalue weighted by Gasteiger charge is 2.11. The van der Waals surface area contributed by atoms with Crippen molar-refractivity contribution in [2.75, 3.05) is 5.32 Å². The van der Waals surface area contributed by atoms with Gasteiger partial charge < -0.3 is 10.3 Å². The Bertz CT molecular complexity index is 816. The fraction of sp³-hybridized carbons (Fsp3) is 0.0714. The van der Waals surface area contributed by atoms with Crippen molar-refractivity contribution < 1.29 is 4.92 Å². The minimum absolute atomic E-state index is 0.0526. The van der Waals surface area contributed by atoms with Gasteiger partial charge in [0.1, 0.15) is 5.65 Å². The zero-order chi connectivity index (χ0) is 14.8. The van der Waals surface area contributed by atoms with Gasteiger partial charge in [0.15, 0.2) is 0 Å².